The molecule has 0 radical (unpaired) electrons. The standard InChI is InChI=1S/C54H42N2.C3H8/c1-3-28-56-54-37(2)49-23-8-9-24-50(49)52-36-45(26-27-51(52)54)43-21-13-19-41(31-43)39-17-12-18-40(30-39)42-20-14-22-44(32-42)47-33-46(38-15-6-4-5-7-16-38)34-48(35-47)53-25-10-11-29-55-53;1-3-2/h3-4,6-28,30-36,55H,1,5,29H2,2H3;3H2,1-2H3. The Morgan fingerprint density at radius 1 is 0.542 bits per heavy atom. The van der Waals surface area contributed by atoms with Crippen LogP contribution in [-0.4, -0.2) is 12.8 Å². The van der Waals surface area contributed by atoms with Gasteiger partial charge in [0.05, 0.1) is 5.69 Å². The lowest BCUT2D eigenvalue weighted by Crippen LogP contribution is -2.14. The number of rotatable bonds is 8. The van der Waals surface area contributed by atoms with Crippen molar-refractivity contribution in [2.45, 2.75) is 33.6 Å². The van der Waals surface area contributed by atoms with E-state index in [-0.39, 0.29) is 0 Å². The number of nitrogens with zero attached hydrogens (tertiary/aromatic N) is 1. The predicted octanol–water partition coefficient (Wildman–Crippen LogP) is 15.7. The highest BCUT2D eigenvalue weighted by molar-refractivity contribution is 6.15. The van der Waals surface area contributed by atoms with E-state index < -0.39 is 0 Å². The van der Waals surface area contributed by atoms with Gasteiger partial charge in [-0.25, -0.2) is 0 Å². The Morgan fingerprint density at radius 3 is 1.73 bits per heavy atom. The first kappa shape index (κ1) is 38.8. The van der Waals surface area contributed by atoms with Crippen LogP contribution in [0.25, 0.3) is 77.3 Å². The van der Waals surface area contributed by atoms with Gasteiger partial charge in [0.2, 0.25) is 0 Å². The maximum absolute atomic E-state index is 4.81. The van der Waals surface area contributed by atoms with E-state index >= 15 is 0 Å². The number of aliphatic imine (C=N–C) groups is 1. The molecule has 2 nitrogen and oxygen atoms in total. The van der Waals surface area contributed by atoms with Crippen molar-refractivity contribution in [3.63, 3.8) is 0 Å². The Balaban J connectivity index is 0.00000157. The van der Waals surface area contributed by atoms with E-state index in [4.69, 9.17) is 4.99 Å². The lowest BCUT2D eigenvalue weighted by Gasteiger charge is -2.16. The number of allylic oxidation sites excluding steroid dienone is 9. The molecule has 0 saturated carbocycles. The first-order valence-corrected chi connectivity index (χ1v) is 20.8. The number of nitrogens with one attached hydrogen (secondary N) is 1. The van der Waals surface area contributed by atoms with Crippen LogP contribution in [0.15, 0.2) is 200 Å². The molecule has 59 heavy (non-hydrogen) atoms. The Morgan fingerprint density at radius 2 is 1.10 bits per heavy atom. The minimum atomic E-state index is 0.831. The normalized spacial score (nSPS) is 13.4. The van der Waals surface area contributed by atoms with Crippen LogP contribution in [0.1, 0.15) is 43.4 Å². The molecule has 0 bridgehead atoms. The zero-order valence-electron chi connectivity index (χ0n) is 34.3. The summed E-state index contributed by atoms with van der Waals surface area (Å²) in [7, 11) is 0. The van der Waals surface area contributed by atoms with Crippen LogP contribution in [0.3, 0.4) is 0 Å². The van der Waals surface area contributed by atoms with E-state index in [1.165, 1.54) is 89.4 Å². The Hall–Kier alpha value is -7.03. The zero-order chi connectivity index (χ0) is 40.6. The van der Waals surface area contributed by atoms with E-state index in [2.05, 4.69) is 215 Å². The van der Waals surface area contributed by atoms with E-state index in [1.54, 1.807) is 12.3 Å². The predicted molar refractivity (Wildman–Crippen MR) is 258 cm³/mol. The maximum atomic E-state index is 4.81. The molecule has 1 aliphatic heterocycles. The molecule has 2 aliphatic rings. The third-order valence-corrected chi connectivity index (χ3v) is 10.8. The van der Waals surface area contributed by atoms with Crippen LogP contribution >= 0.6 is 0 Å². The summed E-state index contributed by atoms with van der Waals surface area (Å²) in [5.41, 5.74) is 16.4. The first-order valence-electron chi connectivity index (χ1n) is 20.8. The highest BCUT2D eigenvalue weighted by Crippen LogP contribution is 2.40. The number of fused-ring (bicyclic) bond motifs is 3. The van der Waals surface area contributed by atoms with Crippen molar-refractivity contribution in [1.82, 2.24) is 5.32 Å². The lowest BCUT2D eigenvalue weighted by atomic mass is 9.91. The fraction of sp³-hybridized carbons (Fsp3) is 0.105. The van der Waals surface area contributed by atoms with E-state index in [0.29, 0.717) is 0 Å². The quantitative estimate of drug-likeness (QED) is 0.121. The number of hydrogen-bond acceptors (Lipinski definition) is 2. The van der Waals surface area contributed by atoms with Gasteiger partial charge in [-0.15, -0.1) is 0 Å². The number of hydrogen-bond donors (Lipinski definition) is 1. The zero-order valence-corrected chi connectivity index (χ0v) is 34.3. The fourth-order valence-corrected chi connectivity index (χ4v) is 8.00. The average molecular weight is 763 g/mol. The molecule has 0 saturated heterocycles. The number of dihydropyridines is 1. The van der Waals surface area contributed by atoms with Gasteiger partial charge in [-0.1, -0.05) is 166 Å². The molecule has 0 unspecified atom stereocenters. The molecule has 0 fully saturated rings. The van der Waals surface area contributed by atoms with Crippen LogP contribution in [0, 0.1) is 6.92 Å². The van der Waals surface area contributed by atoms with Gasteiger partial charge in [0.15, 0.2) is 0 Å². The smallest absolute Gasteiger partial charge is 0.0743 e. The lowest BCUT2D eigenvalue weighted by molar-refractivity contribution is 0.995. The van der Waals surface area contributed by atoms with Crippen LogP contribution in [0.4, 0.5) is 5.69 Å². The summed E-state index contributed by atoms with van der Waals surface area (Å²) in [4.78, 5) is 4.81. The van der Waals surface area contributed by atoms with Crippen LogP contribution in [-0.2, 0) is 0 Å². The summed E-state index contributed by atoms with van der Waals surface area (Å²) in [6, 6.07) is 49.1. The summed E-state index contributed by atoms with van der Waals surface area (Å²) in [6.07, 6.45) is 23.2. The van der Waals surface area contributed by atoms with E-state index in [0.717, 1.165) is 29.7 Å². The van der Waals surface area contributed by atoms with Gasteiger partial charge in [0.25, 0.3) is 0 Å². The number of aryl methyl sites for hydroxylation is 1. The van der Waals surface area contributed by atoms with Gasteiger partial charge in [-0.05, 0) is 145 Å². The molecule has 1 aliphatic carbocycles. The van der Waals surface area contributed by atoms with Crippen molar-refractivity contribution in [3.8, 4) is 44.5 Å². The van der Waals surface area contributed by atoms with Crippen molar-refractivity contribution in [2.75, 3.05) is 6.54 Å². The average Bonchev–Trinajstić information content (AvgIpc) is 3.60. The third kappa shape index (κ3) is 8.49. The second-order valence-electron chi connectivity index (χ2n) is 15.1. The molecular formula is C57H50N2. The van der Waals surface area contributed by atoms with Crippen molar-refractivity contribution >= 4 is 44.7 Å². The molecule has 0 aromatic heterocycles. The SMILES string of the molecule is C=CC=Nc1c(C)c2ccccc2c2cc(-c3cccc(-c4cccc(-c5cccc(-c6cc(C7=CC=CCC=C7)cc(C7=CC=CCN7)c6)c5)c4)c3)ccc12.CCC. The van der Waals surface area contributed by atoms with Crippen molar-refractivity contribution in [3.05, 3.63) is 211 Å². The second kappa shape index (κ2) is 18.1. The largest absolute Gasteiger partial charge is 0.381 e. The topological polar surface area (TPSA) is 24.4 Å². The highest BCUT2D eigenvalue weighted by atomic mass is 14.9. The molecule has 0 atom stereocenters. The minimum absolute atomic E-state index is 0.831. The third-order valence-electron chi connectivity index (χ3n) is 10.8. The van der Waals surface area contributed by atoms with Gasteiger partial charge in [-0.3, -0.25) is 4.99 Å². The maximum Gasteiger partial charge on any atom is 0.0743 e. The van der Waals surface area contributed by atoms with Gasteiger partial charge < -0.3 is 5.32 Å². The van der Waals surface area contributed by atoms with Crippen molar-refractivity contribution in [2.24, 2.45) is 4.99 Å². The van der Waals surface area contributed by atoms with Gasteiger partial charge in [0.1, 0.15) is 0 Å². The van der Waals surface area contributed by atoms with Gasteiger partial charge in [-0.2, -0.15) is 0 Å². The molecule has 7 aromatic rings. The van der Waals surface area contributed by atoms with Crippen molar-refractivity contribution < 1.29 is 0 Å². The summed E-state index contributed by atoms with van der Waals surface area (Å²) in [5.74, 6) is 0. The first-order chi connectivity index (χ1) is 29.0. The summed E-state index contributed by atoms with van der Waals surface area (Å²) < 4.78 is 0. The molecule has 1 heterocycles. The van der Waals surface area contributed by atoms with E-state index in [1.807, 2.05) is 0 Å². The summed E-state index contributed by atoms with van der Waals surface area (Å²) in [6.45, 7) is 11.1. The second-order valence-corrected chi connectivity index (χ2v) is 15.1. The monoisotopic (exact) mass is 762 g/mol. The van der Waals surface area contributed by atoms with Gasteiger partial charge in [0, 0.05) is 23.8 Å². The number of benzene rings is 7. The Kier molecular flexibility index (Phi) is 11.9. The van der Waals surface area contributed by atoms with Crippen LogP contribution < -0.4 is 5.32 Å². The molecule has 1 N–H and O–H groups in total. The van der Waals surface area contributed by atoms with Crippen LogP contribution in [0.2, 0.25) is 0 Å². The molecule has 0 spiro atoms. The minimum Gasteiger partial charge on any atom is -0.381 e. The van der Waals surface area contributed by atoms with Gasteiger partial charge >= 0.3 is 0 Å². The molecule has 9 rings (SSSR count). The molecule has 2 heteroatoms. The molecule has 7 aromatic carbocycles. The molecular weight excluding hydrogens is 713 g/mol. The molecule has 0 amide bonds. The highest BCUT2D eigenvalue weighted by Gasteiger charge is 2.14. The Labute approximate surface area is 349 Å². The summed E-state index contributed by atoms with van der Waals surface area (Å²) >= 11 is 0. The molecule has 288 valence electrons. The van der Waals surface area contributed by atoms with Crippen molar-refractivity contribution in [1.29, 1.82) is 0 Å². The summed E-state index contributed by atoms with van der Waals surface area (Å²) in [5, 5.41) is 8.38. The van der Waals surface area contributed by atoms with Crippen LogP contribution in [0.5, 0.6) is 0 Å². The fourth-order valence-electron chi connectivity index (χ4n) is 8.00. The van der Waals surface area contributed by atoms with E-state index in [9.17, 15) is 0 Å². The Bertz CT molecular complexity index is 2870.